The average molecular weight is 406 g/mol. The number of carbonyl (C=O) groups is 2. The fourth-order valence-electron chi connectivity index (χ4n) is 2.99. The lowest BCUT2D eigenvalue weighted by molar-refractivity contribution is 0.0953. The van der Waals surface area contributed by atoms with E-state index in [2.05, 4.69) is 5.32 Å². The van der Waals surface area contributed by atoms with E-state index in [4.69, 9.17) is 4.74 Å². The van der Waals surface area contributed by atoms with Gasteiger partial charge in [0, 0.05) is 29.9 Å². The highest BCUT2D eigenvalue weighted by molar-refractivity contribution is 6.06. The number of hydrogen-bond donors (Lipinski definition) is 1. The van der Waals surface area contributed by atoms with Gasteiger partial charge in [-0.25, -0.2) is 4.39 Å². The zero-order chi connectivity index (χ0) is 21.3. The maximum Gasteiger partial charge on any atom is 0.258 e. The Morgan fingerprint density at radius 2 is 1.53 bits per heavy atom. The molecule has 0 bridgehead atoms. The van der Waals surface area contributed by atoms with E-state index < -0.39 is 0 Å². The van der Waals surface area contributed by atoms with Gasteiger partial charge in [-0.2, -0.15) is 0 Å². The van der Waals surface area contributed by atoms with Crippen LogP contribution in [-0.2, 0) is 0 Å². The molecule has 3 aromatic carbocycles. The molecule has 6 heteroatoms. The molecule has 0 fully saturated rings. The van der Waals surface area contributed by atoms with Crippen LogP contribution in [0.25, 0.3) is 0 Å². The minimum absolute atomic E-state index is 0.186. The fraction of sp³-hybridized carbons (Fsp3) is 0.167. The lowest BCUT2D eigenvalue weighted by Gasteiger charge is -2.23. The lowest BCUT2D eigenvalue weighted by atomic mass is 10.1. The van der Waals surface area contributed by atoms with Gasteiger partial charge in [0.15, 0.2) is 0 Å². The minimum atomic E-state index is -0.390. The van der Waals surface area contributed by atoms with E-state index >= 15 is 0 Å². The van der Waals surface area contributed by atoms with Crippen molar-refractivity contribution in [1.29, 1.82) is 0 Å². The van der Waals surface area contributed by atoms with Crippen molar-refractivity contribution in [1.82, 2.24) is 5.32 Å². The van der Waals surface area contributed by atoms with Crippen LogP contribution in [0.1, 0.15) is 27.1 Å². The van der Waals surface area contributed by atoms with Crippen LogP contribution in [0.15, 0.2) is 78.9 Å². The van der Waals surface area contributed by atoms with E-state index in [1.807, 2.05) is 30.3 Å². The van der Waals surface area contributed by atoms with Crippen molar-refractivity contribution < 1.29 is 18.7 Å². The van der Waals surface area contributed by atoms with E-state index in [0.717, 1.165) is 5.69 Å². The van der Waals surface area contributed by atoms with Gasteiger partial charge in [0.05, 0.1) is 7.11 Å². The number of amides is 2. The molecule has 0 atom stereocenters. The van der Waals surface area contributed by atoms with Gasteiger partial charge in [0.2, 0.25) is 0 Å². The van der Waals surface area contributed by atoms with Crippen LogP contribution >= 0.6 is 0 Å². The highest BCUT2D eigenvalue weighted by Gasteiger charge is 2.17. The predicted molar refractivity (Wildman–Crippen MR) is 114 cm³/mol. The van der Waals surface area contributed by atoms with Gasteiger partial charge in [-0.15, -0.1) is 0 Å². The fourth-order valence-corrected chi connectivity index (χ4v) is 2.99. The quantitative estimate of drug-likeness (QED) is 0.568. The summed E-state index contributed by atoms with van der Waals surface area (Å²) >= 11 is 0. The van der Waals surface area contributed by atoms with Gasteiger partial charge in [-0.05, 0) is 67.1 Å². The first kappa shape index (κ1) is 21.0. The van der Waals surface area contributed by atoms with E-state index in [1.165, 1.54) is 24.3 Å². The highest BCUT2D eigenvalue weighted by Crippen LogP contribution is 2.18. The number of benzene rings is 3. The van der Waals surface area contributed by atoms with E-state index in [1.54, 1.807) is 36.3 Å². The molecule has 1 N–H and O–H groups in total. The average Bonchev–Trinajstić information content (AvgIpc) is 2.79. The molecule has 0 aromatic heterocycles. The monoisotopic (exact) mass is 406 g/mol. The standard InChI is InChI=1S/C24H23FN2O3/c1-30-22-14-10-18(11-15-22)23(28)26-16-5-17-27(21-6-3-2-4-7-21)24(29)19-8-12-20(25)13-9-19/h2-4,6-15H,5,16-17H2,1H3,(H,26,28). The van der Waals surface area contributed by atoms with E-state index in [-0.39, 0.29) is 17.6 Å². The Hall–Kier alpha value is -3.67. The van der Waals surface area contributed by atoms with Gasteiger partial charge >= 0.3 is 0 Å². The Kier molecular flexibility index (Phi) is 7.16. The number of rotatable bonds is 8. The summed E-state index contributed by atoms with van der Waals surface area (Å²) in [7, 11) is 1.57. The van der Waals surface area contributed by atoms with Crippen LogP contribution in [0.2, 0.25) is 0 Å². The molecule has 0 unspecified atom stereocenters. The zero-order valence-corrected chi connectivity index (χ0v) is 16.7. The molecule has 5 nitrogen and oxygen atoms in total. The molecule has 3 aromatic rings. The van der Waals surface area contributed by atoms with Crippen LogP contribution in [0.3, 0.4) is 0 Å². The van der Waals surface area contributed by atoms with Gasteiger partial charge in [-0.3, -0.25) is 9.59 Å². The Morgan fingerprint density at radius 3 is 2.17 bits per heavy atom. The van der Waals surface area contributed by atoms with Gasteiger partial charge in [-0.1, -0.05) is 18.2 Å². The maximum absolute atomic E-state index is 13.2. The normalized spacial score (nSPS) is 10.3. The molecule has 0 saturated carbocycles. The molecular weight excluding hydrogens is 383 g/mol. The van der Waals surface area contributed by atoms with E-state index in [9.17, 15) is 14.0 Å². The number of hydrogen-bond acceptors (Lipinski definition) is 3. The molecule has 0 aliphatic heterocycles. The van der Waals surface area contributed by atoms with Crippen molar-refractivity contribution in [2.75, 3.05) is 25.1 Å². The first-order valence-electron chi connectivity index (χ1n) is 9.63. The SMILES string of the molecule is COc1ccc(C(=O)NCCCN(C(=O)c2ccc(F)cc2)c2ccccc2)cc1. The Bertz CT molecular complexity index is 974. The van der Waals surface area contributed by atoms with Crippen LogP contribution in [0, 0.1) is 5.82 Å². The molecule has 0 spiro atoms. The lowest BCUT2D eigenvalue weighted by Crippen LogP contribution is -2.34. The first-order chi connectivity index (χ1) is 14.6. The van der Waals surface area contributed by atoms with Crippen LogP contribution in [-0.4, -0.2) is 32.0 Å². The van der Waals surface area contributed by atoms with Crippen molar-refractivity contribution in [2.24, 2.45) is 0 Å². The van der Waals surface area contributed by atoms with Crippen molar-refractivity contribution in [3.8, 4) is 5.75 Å². The molecule has 0 aliphatic carbocycles. The maximum atomic E-state index is 13.2. The summed E-state index contributed by atoms with van der Waals surface area (Å²) in [5, 5.41) is 2.86. The molecule has 30 heavy (non-hydrogen) atoms. The van der Waals surface area contributed by atoms with Gasteiger partial charge in [0.1, 0.15) is 11.6 Å². The Morgan fingerprint density at radius 1 is 0.900 bits per heavy atom. The smallest absolute Gasteiger partial charge is 0.258 e. The number of para-hydroxylation sites is 1. The molecule has 0 radical (unpaired) electrons. The van der Waals surface area contributed by atoms with Crippen molar-refractivity contribution in [3.63, 3.8) is 0 Å². The summed E-state index contributed by atoms with van der Waals surface area (Å²) in [6.07, 6.45) is 0.559. The van der Waals surface area contributed by atoms with E-state index in [0.29, 0.717) is 36.4 Å². The third-order valence-electron chi connectivity index (χ3n) is 4.60. The Labute approximate surface area is 175 Å². The molecule has 2 amide bonds. The zero-order valence-electron chi connectivity index (χ0n) is 16.7. The summed E-state index contributed by atoms with van der Waals surface area (Å²) in [4.78, 5) is 26.9. The predicted octanol–water partition coefficient (Wildman–Crippen LogP) is 4.30. The Balaban J connectivity index is 1.61. The summed E-state index contributed by atoms with van der Waals surface area (Å²) in [6.45, 7) is 0.814. The van der Waals surface area contributed by atoms with Crippen LogP contribution < -0.4 is 15.0 Å². The molecular formula is C24H23FN2O3. The minimum Gasteiger partial charge on any atom is -0.497 e. The van der Waals surface area contributed by atoms with Gasteiger partial charge in [0.25, 0.3) is 11.8 Å². The summed E-state index contributed by atoms with van der Waals surface area (Å²) in [6, 6.07) is 21.6. The van der Waals surface area contributed by atoms with Crippen LogP contribution in [0.4, 0.5) is 10.1 Å². The largest absolute Gasteiger partial charge is 0.497 e. The van der Waals surface area contributed by atoms with Crippen LogP contribution in [0.5, 0.6) is 5.75 Å². The summed E-state index contributed by atoms with van der Waals surface area (Å²) in [5.41, 5.74) is 1.69. The number of carbonyl (C=O) groups excluding carboxylic acids is 2. The van der Waals surface area contributed by atoms with Gasteiger partial charge < -0.3 is 15.0 Å². The number of ether oxygens (including phenoxy) is 1. The number of nitrogens with zero attached hydrogens (tertiary/aromatic N) is 1. The van der Waals surface area contributed by atoms with Crippen molar-refractivity contribution in [3.05, 3.63) is 95.8 Å². The van der Waals surface area contributed by atoms with Crippen molar-refractivity contribution in [2.45, 2.75) is 6.42 Å². The summed E-state index contributed by atoms with van der Waals surface area (Å²) in [5.74, 6) is -0.111. The third-order valence-corrected chi connectivity index (χ3v) is 4.60. The second-order valence-corrected chi connectivity index (χ2v) is 6.64. The number of methoxy groups -OCH3 is 1. The molecule has 3 rings (SSSR count). The first-order valence-corrected chi connectivity index (χ1v) is 9.63. The molecule has 0 heterocycles. The number of anilines is 1. The second-order valence-electron chi connectivity index (χ2n) is 6.64. The number of halogens is 1. The molecule has 154 valence electrons. The molecule has 0 aliphatic rings. The third kappa shape index (κ3) is 5.44. The second kappa shape index (κ2) is 10.2. The summed E-state index contributed by atoms with van der Waals surface area (Å²) < 4.78 is 18.3. The number of nitrogens with one attached hydrogen (secondary N) is 1. The molecule has 0 saturated heterocycles. The topological polar surface area (TPSA) is 58.6 Å². The van der Waals surface area contributed by atoms with Crippen molar-refractivity contribution >= 4 is 17.5 Å². The highest BCUT2D eigenvalue weighted by atomic mass is 19.1.